The predicted octanol–water partition coefficient (Wildman–Crippen LogP) is 3.60. The Balaban J connectivity index is 2.02. The van der Waals surface area contributed by atoms with Crippen LogP contribution < -0.4 is 5.32 Å². The Labute approximate surface area is 125 Å². The number of nitrogens with one attached hydrogen (secondary N) is 1. The van der Waals surface area contributed by atoms with Gasteiger partial charge in [-0.2, -0.15) is 0 Å². The van der Waals surface area contributed by atoms with Gasteiger partial charge in [-0.3, -0.25) is 10.1 Å². The Morgan fingerprint density at radius 2 is 2.20 bits per heavy atom. The molecule has 1 aromatic heterocycles. The smallest absolute Gasteiger partial charge is 0.326 e. The van der Waals surface area contributed by atoms with Gasteiger partial charge in [-0.1, -0.05) is 19.9 Å². The topological polar surface area (TPSA) is 38.3 Å². The fraction of sp³-hybridized carbons (Fsp3) is 0.688. The summed E-state index contributed by atoms with van der Waals surface area (Å²) in [5, 5.41) is 5.55. The quantitative estimate of drug-likeness (QED) is 0.844. The molecule has 3 nitrogen and oxygen atoms in total. The third-order valence-electron chi connectivity index (χ3n) is 4.58. The highest BCUT2D eigenvalue weighted by Crippen LogP contribution is 2.36. The van der Waals surface area contributed by atoms with Crippen molar-refractivity contribution in [3.63, 3.8) is 0 Å². The highest BCUT2D eigenvalue weighted by Gasteiger charge is 2.42. The molecule has 1 saturated carbocycles. The van der Waals surface area contributed by atoms with E-state index in [0.717, 1.165) is 38.1 Å². The molecule has 20 heavy (non-hydrogen) atoms. The minimum absolute atomic E-state index is 0.101. The molecule has 0 aliphatic heterocycles. The molecular formula is C16H25NO2S. The van der Waals surface area contributed by atoms with Crippen molar-refractivity contribution < 1.29 is 9.53 Å². The maximum Gasteiger partial charge on any atom is 0.326 e. The van der Waals surface area contributed by atoms with Gasteiger partial charge >= 0.3 is 5.97 Å². The summed E-state index contributed by atoms with van der Waals surface area (Å²) in [6.07, 6.45) is 3.97. The lowest BCUT2D eigenvalue weighted by Gasteiger charge is -2.39. The molecule has 1 aromatic rings. The van der Waals surface area contributed by atoms with Crippen molar-refractivity contribution in [2.24, 2.45) is 11.8 Å². The highest BCUT2D eigenvalue weighted by atomic mass is 32.1. The van der Waals surface area contributed by atoms with Crippen LogP contribution in [0, 0.1) is 11.8 Å². The number of rotatable bonds is 5. The summed E-state index contributed by atoms with van der Waals surface area (Å²) >= 11 is 1.72. The van der Waals surface area contributed by atoms with E-state index in [2.05, 4.69) is 30.6 Å². The Hall–Kier alpha value is -0.870. The fourth-order valence-corrected chi connectivity index (χ4v) is 3.76. The molecule has 0 radical (unpaired) electrons. The second-order valence-electron chi connectivity index (χ2n) is 6.09. The Bertz CT molecular complexity index is 420. The Kier molecular flexibility index (Phi) is 5.22. The van der Waals surface area contributed by atoms with Crippen molar-refractivity contribution in [3.05, 3.63) is 22.4 Å². The number of ether oxygens (including phenoxy) is 1. The highest BCUT2D eigenvalue weighted by molar-refractivity contribution is 7.09. The van der Waals surface area contributed by atoms with E-state index in [0.29, 0.717) is 5.92 Å². The van der Waals surface area contributed by atoms with E-state index in [1.165, 1.54) is 12.0 Å². The van der Waals surface area contributed by atoms with Gasteiger partial charge in [0.1, 0.15) is 5.54 Å². The summed E-state index contributed by atoms with van der Waals surface area (Å²) in [7, 11) is 1.49. The number of hydrogen-bond donors (Lipinski definition) is 1. The number of hydrogen-bond acceptors (Lipinski definition) is 4. The van der Waals surface area contributed by atoms with Gasteiger partial charge in [0.25, 0.3) is 0 Å². The normalized spacial score (nSPS) is 26.7. The first-order valence-corrected chi connectivity index (χ1v) is 8.31. The van der Waals surface area contributed by atoms with Crippen molar-refractivity contribution in [2.45, 2.75) is 51.6 Å². The lowest BCUT2D eigenvalue weighted by Crippen LogP contribution is -2.54. The predicted molar refractivity (Wildman–Crippen MR) is 82.7 cm³/mol. The van der Waals surface area contributed by atoms with E-state index in [-0.39, 0.29) is 5.97 Å². The third kappa shape index (κ3) is 3.41. The maximum absolute atomic E-state index is 12.2. The molecule has 1 fully saturated rings. The van der Waals surface area contributed by atoms with E-state index in [4.69, 9.17) is 4.74 Å². The molecule has 0 saturated heterocycles. The largest absolute Gasteiger partial charge is 0.468 e. The van der Waals surface area contributed by atoms with Crippen LogP contribution in [0.15, 0.2) is 17.5 Å². The van der Waals surface area contributed by atoms with Crippen molar-refractivity contribution >= 4 is 17.3 Å². The SMILES string of the molecule is COC(=O)C1(NCc2cccs2)CCC(C(C)C)CC1. The van der Waals surface area contributed by atoms with Crippen LogP contribution >= 0.6 is 11.3 Å². The summed E-state index contributed by atoms with van der Waals surface area (Å²) in [5.41, 5.74) is -0.482. The standard InChI is InChI=1S/C16H25NO2S/c1-12(2)13-6-8-16(9-7-13,15(18)19-3)17-11-14-5-4-10-20-14/h4-5,10,12-13,17H,6-9,11H2,1-3H3. The van der Waals surface area contributed by atoms with E-state index in [1.807, 2.05) is 6.07 Å². The fourth-order valence-electron chi connectivity index (χ4n) is 3.12. The molecule has 0 spiro atoms. The van der Waals surface area contributed by atoms with Crippen molar-refractivity contribution in [3.8, 4) is 0 Å². The zero-order chi connectivity index (χ0) is 14.6. The second-order valence-corrected chi connectivity index (χ2v) is 7.12. The van der Waals surface area contributed by atoms with Crippen LogP contribution in [0.2, 0.25) is 0 Å². The lowest BCUT2D eigenvalue weighted by molar-refractivity contribution is -0.151. The van der Waals surface area contributed by atoms with Gasteiger partial charge in [-0.05, 0) is 49.0 Å². The second kappa shape index (κ2) is 6.72. The van der Waals surface area contributed by atoms with Crippen molar-refractivity contribution in [1.29, 1.82) is 0 Å². The zero-order valence-electron chi connectivity index (χ0n) is 12.6. The number of methoxy groups -OCH3 is 1. The van der Waals surface area contributed by atoms with E-state index in [1.54, 1.807) is 11.3 Å². The van der Waals surface area contributed by atoms with Crippen molar-refractivity contribution in [1.82, 2.24) is 5.32 Å². The van der Waals surface area contributed by atoms with E-state index >= 15 is 0 Å². The summed E-state index contributed by atoms with van der Waals surface area (Å²) in [6, 6.07) is 4.14. The molecular weight excluding hydrogens is 270 g/mol. The molecule has 4 heteroatoms. The van der Waals surface area contributed by atoms with Gasteiger partial charge in [0.2, 0.25) is 0 Å². The number of carbonyl (C=O) groups is 1. The van der Waals surface area contributed by atoms with Crippen molar-refractivity contribution in [2.75, 3.05) is 7.11 Å². The van der Waals surface area contributed by atoms with Gasteiger partial charge in [0.15, 0.2) is 0 Å². The van der Waals surface area contributed by atoms with Crippen LogP contribution in [-0.4, -0.2) is 18.6 Å². The molecule has 112 valence electrons. The zero-order valence-corrected chi connectivity index (χ0v) is 13.5. The van der Waals surface area contributed by atoms with Gasteiger partial charge in [-0.15, -0.1) is 11.3 Å². The lowest BCUT2D eigenvalue weighted by atomic mass is 9.72. The molecule has 1 heterocycles. The summed E-state index contributed by atoms with van der Waals surface area (Å²) < 4.78 is 5.06. The molecule has 1 aliphatic rings. The summed E-state index contributed by atoms with van der Waals surface area (Å²) in [6.45, 7) is 5.29. The van der Waals surface area contributed by atoms with Gasteiger partial charge in [0.05, 0.1) is 7.11 Å². The Morgan fingerprint density at radius 3 is 2.70 bits per heavy atom. The molecule has 0 aromatic carbocycles. The monoisotopic (exact) mass is 295 g/mol. The molecule has 0 unspecified atom stereocenters. The number of carbonyl (C=O) groups excluding carboxylic acids is 1. The van der Waals surface area contributed by atoms with Crippen LogP contribution in [0.25, 0.3) is 0 Å². The first-order chi connectivity index (χ1) is 9.57. The van der Waals surface area contributed by atoms with E-state index < -0.39 is 5.54 Å². The molecule has 0 amide bonds. The van der Waals surface area contributed by atoms with Crippen LogP contribution in [0.1, 0.15) is 44.4 Å². The van der Waals surface area contributed by atoms with Gasteiger partial charge < -0.3 is 4.74 Å². The molecule has 1 N–H and O–H groups in total. The molecule has 0 atom stereocenters. The van der Waals surface area contributed by atoms with Gasteiger partial charge in [0, 0.05) is 11.4 Å². The van der Waals surface area contributed by atoms with Crippen LogP contribution in [0.3, 0.4) is 0 Å². The van der Waals surface area contributed by atoms with Crippen LogP contribution in [0.4, 0.5) is 0 Å². The molecule has 1 aliphatic carbocycles. The first-order valence-electron chi connectivity index (χ1n) is 7.43. The molecule has 0 bridgehead atoms. The van der Waals surface area contributed by atoms with Gasteiger partial charge in [-0.25, -0.2) is 0 Å². The minimum atomic E-state index is -0.482. The third-order valence-corrected chi connectivity index (χ3v) is 5.46. The minimum Gasteiger partial charge on any atom is -0.468 e. The van der Waals surface area contributed by atoms with Crippen LogP contribution in [-0.2, 0) is 16.1 Å². The summed E-state index contributed by atoms with van der Waals surface area (Å²) in [5.74, 6) is 1.33. The first kappa shape index (κ1) is 15.5. The Morgan fingerprint density at radius 1 is 1.50 bits per heavy atom. The number of thiophene rings is 1. The van der Waals surface area contributed by atoms with Crippen LogP contribution in [0.5, 0.6) is 0 Å². The average Bonchev–Trinajstić information content (AvgIpc) is 2.98. The maximum atomic E-state index is 12.2. The van der Waals surface area contributed by atoms with E-state index in [9.17, 15) is 4.79 Å². The summed E-state index contributed by atoms with van der Waals surface area (Å²) in [4.78, 5) is 13.5. The molecule has 2 rings (SSSR count). The average molecular weight is 295 g/mol. The number of esters is 1.